The van der Waals surface area contributed by atoms with Crippen LogP contribution in [0.3, 0.4) is 0 Å². The molecule has 0 aliphatic rings. The summed E-state index contributed by atoms with van der Waals surface area (Å²) in [6.07, 6.45) is 3.59. The number of carbonyl (C=O) groups is 1. The summed E-state index contributed by atoms with van der Waals surface area (Å²) in [4.78, 5) is 11.1. The maximum atomic E-state index is 12.5. The van der Waals surface area contributed by atoms with E-state index in [-0.39, 0.29) is 5.91 Å². The molecule has 24 heavy (non-hydrogen) atoms. The van der Waals surface area contributed by atoms with Gasteiger partial charge in [-0.1, -0.05) is 49.2 Å². The lowest BCUT2D eigenvalue weighted by atomic mass is 10.1. The quantitative estimate of drug-likeness (QED) is 0.684. The molecule has 0 saturated heterocycles. The monoisotopic (exact) mass is 348 g/mol. The second-order valence-electron chi connectivity index (χ2n) is 5.77. The number of amides is 1. The van der Waals surface area contributed by atoms with E-state index in [9.17, 15) is 13.2 Å². The number of fused-ring (bicyclic) bond motifs is 1. The molecule has 5 nitrogen and oxygen atoms in total. The maximum Gasteiger partial charge on any atom is 0.241 e. The van der Waals surface area contributed by atoms with Crippen molar-refractivity contribution in [2.24, 2.45) is 0 Å². The molecule has 2 rings (SSSR count). The third kappa shape index (κ3) is 5.32. The molecule has 0 saturated carbocycles. The standard InChI is InChI=1S/C18H24N2O3S/c1-15(21)19-13-6-2-3-7-14-20-24(22,23)18-12-8-10-16-9-4-5-11-17(16)18/h4-5,8-12,20H,2-3,6-7,13-14H2,1H3,(H,19,21). The summed E-state index contributed by atoms with van der Waals surface area (Å²) < 4.78 is 27.7. The Morgan fingerprint density at radius 2 is 1.58 bits per heavy atom. The zero-order valence-electron chi connectivity index (χ0n) is 13.9. The van der Waals surface area contributed by atoms with Gasteiger partial charge in [-0.15, -0.1) is 0 Å². The molecule has 6 heteroatoms. The van der Waals surface area contributed by atoms with Gasteiger partial charge in [0.2, 0.25) is 15.9 Å². The third-order valence-corrected chi connectivity index (χ3v) is 5.33. The number of benzene rings is 2. The Bertz CT molecular complexity index is 782. The molecule has 0 heterocycles. The van der Waals surface area contributed by atoms with Gasteiger partial charge in [0.1, 0.15) is 0 Å². The molecule has 0 fully saturated rings. The Morgan fingerprint density at radius 3 is 2.33 bits per heavy atom. The first-order valence-electron chi connectivity index (χ1n) is 8.22. The number of unbranched alkanes of at least 4 members (excludes halogenated alkanes) is 3. The molecule has 1 amide bonds. The Hall–Kier alpha value is -1.92. The van der Waals surface area contributed by atoms with Crippen molar-refractivity contribution in [3.8, 4) is 0 Å². The molecule has 2 aromatic carbocycles. The van der Waals surface area contributed by atoms with Crippen molar-refractivity contribution in [3.63, 3.8) is 0 Å². The van der Waals surface area contributed by atoms with Gasteiger partial charge >= 0.3 is 0 Å². The fourth-order valence-corrected chi connectivity index (χ4v) is 3.88. The fourth-order valence-electron chi connectivity index (χ4n) is 2.58. The van der Waals surface area contributed by atoms with Gasteiger partial charge in [0.05, 0.1) is 4.90 Å². The number of hydrogen-bond donors (Lipinski definition) is 2. The zero-order valence-corrected chi connectivity index (χ0v) is 14.7. The fraction of sp³-hybridized carbons (Fsp3) is 0.389. The largest absolute Gasteiger partial charge is 0.356 e. The van der Waals surface area contributed by atoms with Crippen LogP contribution in [-0.4, -0.2) is 27.4 Å². The minimum absolute atomic E-state index is 0.0159. The van der Waals surface area contributed by atoms with Crippen LogP contribution in [0.2, 0.25) is 0 Å². The van der Waals surface area contributed by atoms with Crippen molar-refractivity contribution in [1.82, 2.24) is 10.0 Å². The van der Waals surface area contributed by atoms with Crippen molar-refractivity contribution in [2.75, 3.05) is 13.1 Å². The summed E-state index contributed by atoms with van der Waals surface area (Å²) in [7, 11) is -3.50. The first-order chi connectivity index (χ1) is 11.5. The van der Waals surface area contributed by atoms with Gasteiger partial charge in [-0.05, 0) is 24.3 Å². The predicted molar refractivity (Wildman–Crippen MR) is 96.3 cm³/mol. The number of rotatable bonds is 9. The molecule has 0 aliphatic heterocycles. The molecule has 2 N–H and O–H groups in total. The number of carbonyl (C=O) groups excluding carboxylic acids is 1. The predicted octanol–water partition coefficient (Wildman–Crippen LogP) is 2.81. The van der Waals surface area contributed by atoms with Gasteiger partial charge in [-0.25, -0.2) is 13.1 Å². The third-order valence-electron chi connectivity index (χ3n) is 3.81. The molecule has 0 aliphatic carbocycles. The van der Waals surface area contributed by atoms with E-state index in [1.165, 1.54) is 6.92 Å². The topological polar surface area (TPSA) is 75.3 Å². The molecule has 0 unspecified atom stereocenters. The number of hydrogen-bond acceptors (Lipinski definition) is 3. The molecule has 0 spiro atoms. The average molecular weight is 348 g/mol. The lowest BCUT2D eigenvalue weighted by molar-refractivity contribution is -0.118. The van der Waals surface area contributed by atoms with Gasteiger partial charge in [-0.3, -0.25) is 4.79 Å². The van der Waals surface area contributed by atoms with Gasteiger partial charge in [0, 0.05) is 25.4 Å². The molecule has 0 bridgehead atoms. The SMILES string of the molecule is CC(=O)NCCCCCCNS(=O)(=O)c1cccc2ccccc12. The molecule has 130 valence electrons. The second kappa shape index (κ2) is 8.80. The van der Waals surface area contributed by atoms with E-state index >= 15 is 0 Å². The molecule has 0 atom stereocenters. The van der Waals surface area contributed by atoms with Gasteiger partial charge in [0.25, 0.3) is 0 Å². The van der Waals surface area contributed by atoms with Crippen molar-refractivity contribution in [2.45, 2.75) is 37.5 Å². The highest BCUT2D eigenvalue weighted by Crippen LogP contribution is 2.22. The summed E-state index contributed by atoms with van der Waals surface area (Å²) in [5.74, 6) is -0.0159. The molecular weight excluding hydrogens is 324 g/mol. The van der Waals surface area contributed by atoms with Crippen LogP contribution in [-0.2, 0) is 14.8 Å². The number of nitrogens with one attached hydrogen (secondary N) is 2. The van der Waals surface area contributed by atoms with Crippen molar-refractivity contribution < 1.29 is 13.2 Å². The molecule has 2 aromatic rings. The van der Waals surface area contributed by atoms with Crippen molar-refractivity contribution in [3.05, 3.63) is 42.5 Å². The van der Waals surface area contributed by atoms with Crippen LogP contribution in [0, 0.1) is 0 Å². The normalized spacial score (nSPS) is 11.5. The minimum Gasteiger partial charge on any atom is -0.356 e. The second-order valence-corrected chi connectivity index (χ2v) is 7.51. The highest BCUT2D eigenvalue weighted by Gasteiger charge is 2.16. The van der Waals surface area contributed by atoms with Crippen molar-refractivity contribution in [1.29, 1.82) is 0 Å². The van der Waals surface area contributed by atoms with Gasteiger partial charge < -0.3 is 5.32 Å². The summed E-state index contributed by atoms with van der Waals surface area (Å²) in [6, 6.07) is 12.8. The van der Waals surface area contributed by atoms with Crippen LogP contribution in [0.1, 0.15) is 32.6 Å². The minimum atomic E-state index is -3.50. The lowest BCUT2D eigenvalue weighted by Crippen LogP contribution is -2.25. The Labute approximate surface area is 143 Å². The first-order valence-corrected chi connectivity index (χ1v) is 9.71. The number of sulfonamides is 1. The Balaban J connectivity index is 1.82. The summed E-state index contributed by atoms with van der Waals surface area (Å²) in [5, 5.41) is 4.40. The van der Waals surface area contributed by atoms with Crippen molar-refractivity contribution >= 4 is 26.7 Å². The highest BCUT2D eigenvalue weighted by atomic mass is 32.2. The van der Waals surface area contributed by atoms with Crippen LogP contribution in [0.4, 0.5) is 0 Å². The van der Waals surface area contributed by atoms with E-state index in [0.29, 0.717) is 18.0 Å². The van der Waals surface area contributed by atoms with Crippen LogP contribution >= 0.6 is 0 Å². The zero-order chi connectivity index (χ0) is 17.4. The summed E-state index contributed by atoms with van der Waals surface area (Å²) in [6.45, 7) is 2.60. The van der Waals surface area contributed by atoms with E-state index in [0.717, 1.165) is 36.5 Å². The average Bonchev–Trinajstić information content (AvgIpc) is 2.56. The van der Waals surface area contributed by atoms with Crippen LogP contribution in [0.15, 0.2) is 47.4 Å². The first kappa shape index (κ1) is 18.4. The molecule has 0 aromatic heterocycles. The van der Waals surface area contributed by atoms with E-state index < -0.39 is 10.0 Å². The van der Waals surface area contributed by atoms with Gasteiger partial charge in [0.15, 0.2) is 0 Å². The smallest absolute Gasteiger partial charge is 0.241 e. The Morgan fingerprint density at radius 1 is 0.917 bits per heavy atom. The van der Waals surface area contributed by atoms with Gasteiger partial charge in [-0.2, -0.15) is 0 Å². The van der Waals surface area contributed by atoms with E-state index in [1.54, 1.807) is 12.1 Å². The lowest BCUT2D eigenvalue weighted by Gasteiger charge is -2.09. The van der Waals surface area contributed by atoms with Crippen LogP contribution in [0.25, 0.3) is 10.8 Å². The van der Waals surface area contributed by atoms with E-state index in [4.69, 9.17) is 0 Å². The molecular formula is C18H24N2O3S. The highest BCUT2D eigenvalue weighted by molar-refractivity contribution is 7.89. The van der Waals surface area contributed by atoms with E-state index in [1.807, 2.05) is 30.3 Å². The van der Waals surface area contributed by atoms with E-state index in [2.05, 4.69) is 10.0 Å². The Kier molecular flexibility index (Phi) is 6.75. The summed E-state index contributed by atoms with van der Waals surface area (Å²) in [5.41, 5.74) is 0. The van der Waals surface area contributed by atoms with Crippen LogP contribution in [0.5, 0.6) is 0 Å². The molecule has 0 radical (unpaired) electrons. The summed E-state index contributed by atoms with van der Waals surface area (Å²) >= 11 is 0. The van der Waals surface area contributed by atoms with Crippen LogP contribution < -0.4 is 10.0 Å². The maximum absolute atomic E-state index is 12.5.